The molecule has 2 heterocycles. The Morgan fingerprint density at radius 2 is 1.66 bits per heavy atom. The van der Waals surface area contributed by atoms with Gasteiger partial charge in [-0.1, -0.05) is 13.8 Å². The number of carbonyl (C=O) groups excluding carboxylic acids is 2. The molecule has 0 saturated carbocycles. The second-order valence-electron chi connectivity index (χ2n) is 7.89. The molecule has 1 aliphatic rings. The molecular formula is C22H24F4N4O2. The van der Waals surface area contributed by atoms with Crippen molar-refractivity contribution in [3.05, 3.63) is 59.5 Å². The minimum atomic E-state index is -4.52. The van der Waals surface area contributed by atoms with Crippen molar-refractivity contribution in [2.45, 2.75) is 26.1 Å². The molecule has 0 bridgehead atoms. The second kappa shape index (κ2) is 9.54. The fourth-order valence-corrected chi connectivity index (χ4v) is 3.54. The number of rotatable bonds is 5. The Labute approximate surface area is 183 Å². The molecular weight excluding hydrogens is 428 g/mol. The summed E-state index contributed by atoms with van der Waals surface area (Å²) in [5.41, 5.74) is -0.587. The van der Waals surface area contributed by atoms with Gasteiger partial charge < -0.3 is 15.1 Å². The normalized spacial score (nSPS) is 15.6. The maximum absolute atomic E-state index is 13.3. The van der Waals surface area contributed by atoms with E-state index in [4.69, 9.17) is 0 Å². The zero-order chi connectivity index (χ0) is 23.5. The molecule has 2 aromatic rings. The van der Waals surface area contributed by atoms with Crippen LogP contribution in [0.3, 0.4) is 0 Å². The van der Waals surface area contributed by atoms with Gasteiger partial charge in [0.15, 0.2) is 0 Å². The summed E-state index contributed by atoms with van der Waals surface area (Å²) in [6.45, 7) is 4.33. The highest BCUT2D eigenvalue weighted by molar-refractivity contribution is 5.97. The average Bonchev–Trinajstić information content (AvgIpc) is 2.76. The van der Waals surface area contributed by atoms with E-state index in [0.717, 1.165) is 18.2 Å². The topological polar surface area (TPSA) is 65.5 Å². The first kappa shape index (κ1) is 23.5. The molecule has 0 radical (unpaired) electrons. The third kappa shape index (κ3) is 5.35. The molecule has 1 aliphatic heterocycles. The van der Waals surface area contributed by atoms with Crippen molar-refractivity contribution in [3.8, 4) is 0 Å². The van der Waals surface area contributed by atoms with Crippen LogP contribution < -0.4 is 10.2 Å². The van der Waals surface area contributed by atoms with E-state index in [1.54, 1.807) is 13.8 Å². The molecule has 172 valence electrons. The summed E-state index contributed by atoms with van der Waals surface area (Å²) in [5.74, 6) is -1.67. The lowest BCUT2D eigenvalue weighted by atomic mass is 10.0. The van der Waals surface area contributed by atoms with E-state index < -0.39 is 29.5 Å². The lowest BCUT2D eigenvalue weighted by Crippen LogP contribution is -2.56. The highest BCUT2D eigenvalue weighted by Gasteiger charge is 2.37. The Morgan fingerprint density at radius 3 is 2.22 bits per heavy atom. The SMILES string of the molecule is CC(C)C(NC(=O)c1ccc(F)cc1)C(=O)N1CCN(c2ncccc2C(F)(F)F)CC1. The monoisotopic (exact) mass is 452 g/mol. The number of alkyl halides is 3. The summed E-state index contributed by atoms with van der Waals surface area (Å²) >= 11 is 0. The molecule has 10 heteroatoms. The molecule has 2 amide bonds. The van der Waals surface area contributed by atoms with Gasteiger partial charge in [-0.25, -0.2) is 9.37 Å². The number of benzene rings is 1. The van der Waals surface area contributed by atoms with Crippen LogP contribution in [0.5, 0.6) is 0 Å². The number of anilines is 1. The van der Waals surface area contributed by atoms with Gasteiger partial charge >= 0.3 is 6.18 Å². The number of hydrogen-bond donors (Lipinski definition) is 1. The number of carbonyl (C=O) groups is 2. The van der Waals surface area contributed by atoms with Crippen molar-refractivity contribution < 1.29 is 27.2 Å². The van der Waals surface area contributed by atoms with Gasteiger partial charge in [-0.3, -0.25) is 9.59 Å². The van der Waals surface area contributed by atoms with Gasteiger partial charge in [0, 0.05) is 37.9 Å². The first-order valence-electron chi connectivity index (χ1n) is 10.2. The lowest BCUT2D eigenvalue weighted by molar-refractivity contribution is -0.138. The fourth-order valence-electron chi connectivity index (χ4n) is 3.54. The summed E-state index contributed by atoms with van der Waals surface area (Å²) < 4.78 is 53.0. The average molecular weight is 452 g/mol. The number of pyridine rings is 1. The maximum atomic E-state index is 13.3. The van der Waals surface area contributed by atoms with Gasteiger partial charge in [0.1, 0.15) is 17.7 Å². The van der Waals surface area contributed by atoms with E-state index in [2.05, 4.69) is 10.3 Å². The number of piperazine rings is 1. The highest BCUT2D eigenvalue weighted by Crippen LogP contribution is 2.35. The molecule has 32 heavy (non-hydrogen) atoms. The summed E-state index contributed by atoms with van der Waals surface area (Å²) in [5, 5.41) is 2.69. The first-order chi connectivity index (χ1) is 15.1. The standard InChI is InChI=1S/C22H24F4N4O2/c1-14(2)18(28-20(31)15-5-7-16(23)8-6-15)21(32)30-12-10-29(11-13-30)19-17(22(24,25)26)4-3-9-27-19/h3-9,14,18H,10-13H2,1-2H3,(H,28,31). The molecule has 0 aliphatic carbocycles. The highest BCUT2D eigenvalue weighted by atomic mass is 19.4. The molecule has 1 aromatic carbocycles. The third-order valence-corrected chi connectivity index (χ3v) is 5.31. The zero-order valence-electron chi connectivity index (χ0n) is 17.7. The summed E-state index contributed by atoms with van der Waals surface area (Å²) in [7, 11) is 0. The van der Waals surface area contributed by atoms with E-state index in [9.17, 15) is 27.2 Å². The van der Waals surface area contributed by atoms with E-state index in [1.807, 2.05) is 0 Å². The smallest absolute Gasteiger partial charge is 0.353 e. The van der Waals surface area contributed by atoms with Crippen molar-refractivity contribution >= 4 is 17.6 Å². The Bertz CT molecular complexity index is 955. The van der Waals surface area contributed by atoms with Crippen molar-refractivity contribution in [1.29, 1.82) is 0 Å². The van der Waals surface area contributed by atoms with Crippen LogP contribution in [0.4, 0.5) is 23.4 Å². The predicted molar refractivity (Wildman–Crippen MR) is 111 cm³/mol. The van der Waals surface area contributed by atoms with Crippen molar-refractivity contribution in [2.24, 2.45) is 5.92 Å². The molecule has 1 fully saturated rings. The quantitative estimate of drug-likeness (QED) is 0.707. The largest absolute Gasteiger partial charge is 0.419 e. The van der Waals surface area contributed by atoms with E-state index in [0.29, 0.717) is 0 Å². The number of hydrogen-bond acceptors (Lipinski definition) is 4. The molecule has 0 spiro atoms. The molecule has 1 aromatic heterocycles. The van der Waals surface area contributed by atoms with Crippen LogP contribution in [0, 0.1) is 11.7 Å². The van der Waals surface area contributed by atoms with Crippen molar-refractivity contribution in [1.82, 2.24) is 15.2 Å². The van der Waals surface area contributed by atoms with Crippen LogP contribution in [-0.4, -0.2) is 53.9 Å². The molecule has 1 atom stereocenters. The van der Waals surface area contributed by atoms with Gasteiger partial charge in [-0.2, -0.15) is 13.2 Å². The molecule has 1 unspecified atom stereocenters. The Hall–Kier alpha value is -3.17. The number of aromatic nitrogens is 1. The fraction of sp³-hybridized carbons (Fsp3) is 0.409. The number of nitrogens with one attached hydrogen (secondary N) is 1. The summed E-state index contributed by atoms with van der Waals surface area (Å²) in [6.07, 6.45) is -3.22. The van der Waals surface area contributed by atoms with Gasteiger partial charge in [0.05, 0.1) is 5.56 Å². The molecule has 6 nitrogen and oxygen atoms in total. The summed E-state index contributed by atoms with van der Waals surface area (Å²) in [6, 6.07) is 6.38. The minimum absolute atomic E-state index is 0.155. The van der Waals surface area contributed by atoms with Crippen molar-refractivity contribution in [3.63, 3.8) is 0 Å². The first-order valence-corrected chi connectivity index (χ1v) is 10.2. The number of amides is 2. The second-order valence-corrected chi connectivity index (χ2v) is 7.89. The van der Waals surface area contributed by atoms with Crippen molar-refractivity contribution in [2.75, 3.05) is 31.1 Å². The van der Waals surface area contributed by atoms with Crippen LogP contribution >= 0.6 is 0 Å². The number of nitrogens with zero attached hydrogens (tertiary/aromatic N) is 3. The van der Waals surface area contributed by atoms with Crippen LogP contribution in [-0.2, 0) is 11.0 Å². The van der Waals surface area contributed by atoms with Gasteiger partial charge in [-0.15, -0.1) is 0 Å². The number of halogens is 4. The zero-order valence-corrected chi connectivity index (χ0v) is 17.7. The minimum Gasteiger partial charge on any atom is -0.353 e. The van der Waals surface area contributed by atoms with E-state index >= 15 is 0 Å². The predicted octanol–water partition coefficient (Wildman–Crippen LogP) is 3.34. The van der Waals surface area contributed by atoms with Gasteiger partial charge in [0.25, 0.3) is 5.91 Å². The Morgan fingerprint density at radius 1 is 1.03 bits per heavy atom. The molecule has 1 saturated heterocycles. The molecule has 3 rings (SSSR count). The van der Waals surface area contributed by atoms with Crippen LogP contribution in [0.15, 0.2) is 42.6 Å². The van der Waals surface area contributed by atoms with E-state index in [-0.39, 0.29) is 49.4 Å². The Kier molecular flexibility index (Phi) is 7.00. The van der Waals surface area contributed by atoms with Crippen LogP contribution in [0.1, 0.15) is 29.8 Å². The van der Waals surface area contributed by atoms with Gasteiger partial charge in [-0.05, 0) is 42.3 Å². The van der Waals surface area contributed by atoms with Crippen LogP contribution in [0.25, 0.3) is 0 Å². The third-order valence-electron chi connectivity index (χ3n) is 5.31. The van der Waals surface area contributed by atoms with Gasteiger partial charge in [0.2, 0.25) is 5.91 Å². The summed E-state index contributed by atoms with van der Waals surface area (Å²) in [4.78, 5) is 32.5. The van der Waals surface area contributed by atoms with Crippen LogP contribution in [0.2, 0.25) is 0 Å². The molecule has 1 N–H and O–H groups in total. The Balaban J connectivity index is 1.67. The maximum Gasteiger partial charge on any atom is 0.419 e. The lowest BCUT2D eigenvalue weighted by Gasteiger charge is -2.38. The van der Waals surface area contributed by atoms with E-state index in [1.165, 1.54) is 34.2 Å².